The molecular weight excluding hydrogens is 397 g/mol. The highest BCUT2D eigenvalue weighted by atomic mass is 19.1. The Morgan fingerprint density at radius 1 is 1.03 bits per heavy atom. The first-order valence-corrected chi connectivity index (χ1v) is 9.79. The van der Waals surface area contributed by atoms with Crippen molar-refractivity contribution in [2.45, 2.75) is 27.1 Å². The number of amides is 1. The SMILES string of the molecule is Cc1ccc(C)c(OCn2ccc(C(=O)Nc3ccn(Cc4cccc(F)c4)n3)n2)c1. The zero-order chi connectivity index (χ0) is 21.8. The summed E-state index contributed by atoms with van der Waals surface area (Å²) in [5.74, 6) is 0.504. The molecule has 31 heavy (non-hydrogen) atoms. The number of hydrogen-bond donors (Lipinski definition) is 1. The van der Waals surface area contributed by atoms with E-state index >= 15 is 0 Å². The monoisotopic (exact) mass is 419 g/mol. The number of ether oxygens (including phenoxy) is 1. The van der Waals surface area contributed by atoms with Gasteiger partial charge in [-0.25, -0.2) is 9.07 Å². The lowest BCUT2D eigenvalue weighted by atomic mass is 10.1. The average Bonchev–Trinajstić information content (AvgIpc) is 3.38. The first-order chi connectivity index (χ1) is 15.0. The van der Waals surface area contributed by atoms with Gasteiger partial charge in [0.15, 0.2) is 18.2 Å². The number of halogens is 1. The number of aryl methyl sites for hydroxylation is 2. The molecule has 0 aliphatic heterocycles. The number of carbonyl (C=O) groups excluding carboxylic acids is 1. The van der Waals surface area contributed by atoms with Crippen LogP contribution in [0.5, 0.6) is 5.75 Å². The number of hydrogen-bond acceptors (Lipinski definition) is 4. The fourth-order valence-electron chi connectivity index (χ4n) is 3.07. The minimum absolute atomic E-state index is 0.194. The molecule has 1 N–H and O–H groups in total. The molecule has 8 heteroatoms. The van der Waals surface area contributed by atoms with Crippen LogP contribution in [-0.4, -0.2) is 25.5 Å². The van der Waals surface area contributed by atoms with Crippen molar-refractivity contribution < 1.29 is 13.9 Å². The molecule has 2 aromatic carbocycles. The molecule has 0 spiro atoms. The minimum atomic E-state index is -0.374. The molecule has 0 bridgehead atoms. The summed E-state index contributed by atoms with van der Waals surface area (Å²) in [5.41, 5.74) is 3.18. The lowest BCUT2D eigenvalue weighted by Gasteiger charge is -2.09. The molecule has 0 aliphatic rings. The first kappa shape index (κ1) is 20.3. The van der Waals surface area contributed by atoms with Gasteiger partial charge in [-0.15, -0.1) is 0 Å². The Morgan fingerprint density at radius 2 is 1.87 bits per heavy atom. The van der Waals surface area contributed by atoms with Crippen molar-refractivity contribution in [1.82, 2.24) is 19.6 Å². The Morgan fingerprint density at radius 3 is 2.71 bits per heavy atom. The van der Waals surface area contributed by atoms with E-state index in [9.17, 15) is 9.18 Å². The predicted octanol–water partition coefficient (Wildman–Crippen LogP) is 4.17. The molecule has 4 rings (SSSR count). The van der Waals surface area contributed by atoms with Gasteiger partial charge in [-0.2, -0.15) is 10.2 Å². The Bertz CT molecular complexity index is 1210. The molecule has 4 aromatic rings. The van der Waals surface area contributed by atoms with Gasteiger partial charge in [0, 0.05) is 18.5 Å². The zero-order valence-electron chi connectivity index (χ0n) is 17.2. The van der Waals surface area contributed by atoms with Crippen LogP contribution in [0.4, 0.5) is 10.2 Å². The summed E-state index contributed by atoms with van der Waals surface area (Å²) in [6, 6.07) is 15.6. The van der Waals surface area contributed by atoms with Crippen molar-refractivity contribution >= 4 is 11.7 Å². The maximum atomic E-state index is 13.3. The molecule has 0 aliphatic carbocycles. The Kier molecular flexibility index (Phi) is 5.79. The fraction of sp³-hybridized carbons (Fsp3) is 0.174. The van der Waals surface area contributed by atoms with Gasteiger partial charge in [0.05, 0.1) is 6.54 Å². The van der Waals surface area contributed by atoms with E-state index in [1.54, 1.807) is 40.0 Å². The average molecular weight is 419 g/mol. The number of benzene rings is 2. The van der Waals surface area contributed by atoms with Gasteiger partial charge in [0.2, 0.25) is 0 Å². The van der Waals surface area contributed by atoms with Crippen LogP contribution in [0.1, 0.15) is 27.2 Å². The van der Waals surface area contributed by atoms with Crippen molar-refractivity contribution in [3.05, 3.63) is 95.2 Å². The molecule has 1 amide bonds. The Balaban J connectivity index is 1.35. The standard InChI is InChI=1S/C23H22FN5O2/c1-16-6-7-17(2)21(12-16)31-15-29-10-8-20(26-29)23(30)25-22-9-11-28(27-22)14-18-4-3-5-19(24)13-18/h3-13H,14-15H2,1-2H3,(H,25,27,30). The van der Waals surface area contributed by atoms with Gasteiger partial charge < -0.3 is 10.1 Å². The normalized spacial score (nSPS) is 10.8. The number of carbonyl (C=O) groups is 1. The maximum Gasteiger partial charge on any atom is 0.277 e. The van der Waals surface area contributed by atoms with Crippen molar-refractivity contribution in [2.75, 3.05) is 5.32 Å². The predicted molar refractivity (Wildman–Crippen MR) is 114 cm³/mol. The highest BCUT2D eigenvalue weighted by molar-refractivity contribution is 6.02. The van der Waals surface area contributed by atoms with Gasteiger partial charge in [0.25, 0.3) is 5.91 Å². The van der Waals surface area contributed by atoms with E-state index in [1.807, 2.05) is 38.1 Å². The molecule has 0 unspecified atom stereocenters. The maximum absolute atomic E-state index is 13.3. The molecule has 2 heterocycles. The Hall–Kier alpha value is -3.94. The summed E-state index contributed by atoms with van der Waals surface area (Å²) in [6.45, 7) is 4.57. The summed E-state index contributed by atoms with van der Waals surface area (Å²) < 4.78 is 22.3. The molecule has 2 aromatic heterocycles. The molecular formula is C23H22FN5O2. The first-order valence-electron chi connectivity index (χ1n) is 9.79. The summed E-state index contributed by atoms with van der Waals surface area (Å²) in [7, 11) is 0. The van der Waals surface area contributed by atoms with Crippen LogP contribution < -0.4 is 10.1 Å². The largest absolute Gasteiger partial charge is 0.471 e. The molecule has 0 radical (unpaired) electrons. The van der Waals surface area contributed by atoms with Crippen LogP contribution in [0, 0.1) is 19.7 Å². The lowest BCUT2D eigenvalue weighted by molar-refractivity contribution is 0.101. The zero-order valence-corrected chi connectivity index (χ0v) is 17.2. The van der Waals surface area contributed by atoms with E-state index in [-0.39, 0.29) is 24.1 Å². The third-order valence-corrected chi connectivity index (χ3v) is 4.69. The molecule has 0 saturated carbocycles. The Labute approximate surface area is 179 Å². The molecule has 0 atom stereocenters. The smallest absolute Gasteiger partial charge is 0.277 e. The number of nitrogens with zero attached hydrogens (tertiary/aromatic N) is 4. The van der Waals surface area contributed by atoms with Crippen molar-refractivity contribution in [2.24, 2.45) is 0 Å². The summed E-state index contributed by atoms with van der Waals surface area (Å²) in [4.78, 5) is 12.5. The van der Waals surface area contributed by atoms with Gasteiger partial charge in [-0.1, -0.05) is 24.3 Å². The van der Waals surface area contributed by atoms with Crippen LogP contribution in [-0.2, 0) is 13.3 Å². The van der Waals surface area contributed by atoms with E-state index < -0.39 is 0 Å². The van der Waals surface area contributed by atoms with Crippen LogP contribution in [0.2, 0.25) is 0 Å². The van der Waals surface area contributed by atoms with E-state index in [4.69, 9.17) is 4.74 Å². The highest BCUT2D eigenvalue weighted by Crippen LogP contribution is 2.19. The van der Waals surface area contributed by atoms with Crippen molar-refractivity contribution in [1.29, 1.82) is 0 Å². The van der Waals surface area contributed by atoms with Crippen molar-refractivity contribution in [3.8, 4) is 5.75 Å². The third kappa shape index (κ3) is 5.16. The second kappa shape index (κ2) is 8.83. The molecule has 0 saturated heterocycles. The van der Waals surface area contributed by atoms with Gasteiger partial charge in [0.1, 0.15) is 11.6 Å². The number of nitrogens with one attached hydrogen (secondary N) is 1. The molecule has 158 valence electrons. The fourth-order valence-corrected chi connectivity index (χ4v) is 3.07. The van der Waals surface area contributed by atoms with E-state index in [2.05, 4.69) is 15.5 Å². The quantitative estimate of drug-likeness (QED) is 0.488. The minimum Gasteiger partial charge on any atom is -0.471 e. The summed E-state index contributed by atoms with van der Waals surface area (Å²) in [5, 5.41) is 11.3. The second-order valence-corrected chi connectivity index (χ2v) is 7.27. The van der Waals surface area contributed by atoms with Gasteiger partial charge in [-0.3, -0.25) is 9.48 Å². The van der Waals surface area contributed by atoms with E-state index in [1.165, 1.54) is 12.1 Å². The topological polar surface area (TPSA) is 74.0 Å². The highest BCUT2D eigenvalue weighted by Gasteiger charge is 2.12. The van der Waals surface area contributed by atoms with Crippen LogP contribution in [0.15, 0.2) is 67.0 Å². The molecule has 0 fully saturated rings. The van der Waals surface area contributed by atoms with Crippen LogP contribution in [0.25, 0.3) is 0 Å². The van der Waals surface area contributed by atoms with Crippen LogP contribution in [0.3, 0.4) is 0 Å². The summed E-state index contributed by atoms with van der Waals surface area (Å²) in [6.07, 6.45) is 3.40. The van der Waals surface area contributed by atoms with E-state index in [0.717, 1.165) is 22.4 Å². The number of rotatable bonds is 7. The lowest BCUT2D eigenvalue weighted by Crippen LogP contribution is -2.15. The van der Waals surface area contributed by atoms with Gasteiger partial charge >= 0.3 is 0 Å². The van der Waals surface area contributed by atoms with E-state index in [0.29, 0.717) is 12.4 Å². The number of aromatic nitrogens is 4. The summed E-state index contributed by atoms with van der Waals surface area (Å²) >= 11 is 0. The van der Waals surface area contributed by atoms with Crippen molar-refractivity contribution in [3.63, 3.8) is 0 Å². The third-order valence-electron chi connectivity index (χ3n) is 4.69. The second-order valence-electron chi connectivity index (χ2n) is 7.27. The number of anilines is 1. The van der Waals surface area contributed by atoms with Crippen LogP contribution >= 0.6 is 0 Å². The molecule has 7 nitrogen and oxygen atoms in total. The van der Waals surface area contributed by atoms with Gasteiger partial charge in [-0.05, 0) is 54.8 Å².